The highest BCUT2D eigenvalue weighted by Crippen LogP contribution is 1.95. The Labute approximate surface area is 56.4 Å². The molecule has 0 fully saturated rings. The van der Waals surface area contributed by atoms with Gasteiger partial charge >= 0.3 is 0 Å². The predicted molar refractivity (Wildman–Crippen MR) is 35.9 cm³/mol. The molecule has 0 aromatic heterocycles. The Balaban J connectivity index is 3.19. The van der Waals surface area contributed by atoms with E-state index in [1.165, 1.54) is 0 Å². The fourth-order valence-electron chi connectivity index (χ4n) is 0.374. The summed E-state index contributed by atoms with van der Waals surface area (Å²) < 4.78 is 5.09. The van der Waals surface area contributed by atoms with Gasteiger partial charge in [0.2, 0.25) is 0 Å². The molecule has 9 heavy (non-hydrogen) atoms. The van der Waals surface area contributed by atoms with Crippen LogP contribution in [0.1, 0.15) is 20.8 Å². The van der Waals surface area contributed by atoms with E-state index in [9.17, 15) is 0 Å². The number of hydrogen-bond donors (Lipinski definition) is 0. The molecule has 0 aliphatic rings. The van der Waals surface area contributed by atoms with Crippen LogP contribution in [-0.2, 0) is 4.74 Å². The summed E-state index contributed by atoms with van der Waals surface area (Å²) in [5, 5.41) is 8.27. The Hall–Kier alpha value is -0.550. The lowest BCUT2D eigenvalue weighted by molar-refractivity contribution is 0.0805. The molecule has 0 N–H and O–H groups in total. The predicted octanol–water partition coefficient (Wildman–Crippen LogP) is 1.57. The highest BCUT2D eigenvalue weighted by Gasteiger charge is 1.99. The summed E-state index contributed by atoms with van der Waals surface area (Å²) in [6.07, 6.45) is -0.257. The summed E-state index contributed by atoms with van der Waals surface area (Å²) >= 11 is 0. The maximum atomic E-state index is 8.27. The molecule has 0 aliphatic carbocycles. The number of nitriles is 1. The zero-order chi connectivity index (χ0) is 7.28. The monoisotopic (exact) mass is 127 g/mol. The molecule has 0 radical (unpaired) electrons. The van der Waals surface area contributed by atoms with Crippen LogP contribution in [0.15, 0.2) is 0 Å². The molecule has 1 unspecified atom stereocenters. The van der Waals surface area contributed by atoms with Gasteiger partial charge in [0.1, 0.15) is 6.10 Å². The maximum Gasteiger partial charge on any atom is 0.141 e. The number of rotatable bonds is 3. The first kappa shape index (κ1) is 8.45. The minimum absolute atomic E-state index is 0.257. The fraction of sp³-hybridized carbons (Fsp3) is 0.857. The van der Waals surface area contributed by atoms with Crippen LogP contribution in [0.2, 0.25) is 0 Å². The first-order chi connectivity index (χ1) is 4.16. The van der Waals surface area contributed by atoms with Gasteiger partial charge in [-0.3, -0.25) is 0 Å². The van der Waals surface area contributed by atoms with Crippen molar-refractivity contribution in [2.24, 2.45) is 5.92 Å². The second-order valence-electron chi connectivity index (χ2n) is 2.50. The molecule has 0 spiro atoms. The van der Waals surface area contributed by atoms with Crippen LogP contribution in [0.5, 0.6) is 0 Å². The van der Waals surface area contributed by atoms with Crippen LogP contribution < -0.4 is 0 Å². The van der Waals surface area contributed by atoms with Crippen LogP contribution in [0.25, 0.3) is 0 Å². The Morgan fingerprint density at radius 3 is 2.33 bits per heavy atom. The number of nitrogens with zero attached hydrogens (tertiary/aromatic N) is 1. The zero-order valence-corrected chi connectivity index (χ0v) is 6.22. The topological polar surface area (TPSA) is 33.0 Å². The van der Waals surface area contributed by atoms with Gasteiger partial charge in [-0.15, -0.1) is 0 Å². The van der Waals surface area contributed by atoms with Gasteiger partial charge in [0.25, 0.3) is 0 Å². The molecular formula is C7H13NO. The molecule has 1 atom stereocenters. The minimum Gasteiger partial charge on any atom is -0.363 e. The summed E-state index contributed by atoms with van der Waals surface area (Å²) in [4.78, 5) is 0. The molecule has 0 bridgehead atoms. The van der Waals surface area contributed by atoms with E-state index in [1.54, 1.807) is 6.92 Å². The third kappa shape index (κ3) is 5.32. The van der Waals surface area contributed by atoms with Crippen LogP contribution in [0.4, 0.5) is 0 Å². The van der Waals surface area contributed by atoms with Crippen LogP contribution in [0.3, 0.4) is 0 Å². The van der Waals surface area contributed by atoms with Crippen molar-refractivity contribution in [3.63, 3.8) is 0 Å². The standard InChI is InChI=1S/C7H13NO/c1-6(2)5-9-7(3)4-8/h6-7H,5H2,1-3H3. The lowest BCUT2D eigenvalue weighted by Gasteiger charge is -2.06. The average molecular weight is 127 g/mol. The molecule has 0 heterocycles. The number of ether oxygens (including phenoxy) is 1. The van der Waals surface area contributed by atoms with E-state index >= 15 is 0 Å². The molecule has 0 amide bonds. The maximum absolute atomic E-state index is 8.27. The molecule has 52 valence electrons. The van der Waals surface area contributed by atoms with E-state index in [2.05, 4.69) is 13.8 Å². The quantitative estimate of drug-likeness (QED) is 0.576. The second kappa shape index (κ2) is 4.34. The summed E-state index contributed by atoms with van der Waals surface area (Å²) in [6.45, 7) is 6.55. The van der Waals surface area contributed by atoms with Crippen LogP contribution in [0, 0.1) is 17.2 Å². The van der Waals surface area contributed by atoms with Crippen molar-refractivity contribution in [2.45, 2.75) is 26.9 Å². The van der Waals surface area contributed by atoms with E-state index in [0.717, 1.165) is 0 Å². The Kier molecular flexibility index (Phi) is 4.08. The molecule has 0 saturated heterocycles. The van der Waals surface area contributed by atoms with Crippen molar-refractivity contribution in [1.29, 1.82) is 5.26 Å². The third-order valence-electron chi connectivity index (χ3n) is 0.861. The minimum atomic E-state index is -0.257. The molecular weight excluding hydrogens is 114 g/mol. The Morgan fingerprint density at radius 2 is 2.00 bits per heavy atom. The number of hydrogen-bond acceptors (Lipinski definition) is 2. The lowest BCUT2D eigenvalue weighted by Crippen LogP contribution is -2.09. The SMILES string of the molecule is CC(C)COC(C)C#N. The molecule has 0 aliphatic heterocycles. The van der Waals surface area contributed by atoms with E-state index in [1.807, 2.05) is 6.07 Å². The highest BCUT2D eigenvalue weighted by molar-refractivity contribution is 4.78. The van der Waals surface area contributed by atoms with Crippen molar-refractivity contribution in [2.75, 3.05) is 6.61 Å². The van der Waals surface area contributed by atoms with Gasteiger partial charge in [-0.2, -0.15) is 5.26 Å². The molecule has 2 nitrogen and oxygen atoms in total. The van der Waals surface area contributed by atoms with Gasteiger partial charge in [-0.05, 0) is 12.8 Å². The molecule has 0 rings (SSSR count). The molecule has 2 heteroatoms. The van der Waals surface area contributed by atoms with Crippen LogP contribution >= 0.6 is 0 Å². The third-order valence-corrected chi connectivity index (χ3v) is 0.861. The van der Waals surface area contributed by atoms with Crippen molar-refractivity contribution in [3.05, 3.63) is 0 Å². The van der Waals surface area contributed by atoms with Crippen molar-refractivity contribution < 1.29 is 4.74 Å². The van der Waals surface area contributed by atoms with Crippen molar-refractivity contribution in [3.8, 4) is 6.07 Å². The highest BCUT2D eigenvalue weighted by atomic mass is 16.5. The normalized spacial score (nSPS) is 13.2. The summed E-state index contributed by atoms with van der Waals surface area (Å²) in [7, 11) is 0. The average Bonchev–Trinajstić information content (AvgIpc) is 1.83. The lowest BCUT2D eigenvalue weighted by atomic mass is 10.2. The summed E-state index contributed by atoms with van der Waals surface area (Å²) in [6, 6.07) is 2.00. The summed E-state index contributed by atoms with van der Waals surface area (Å²) in [5.74, 6) is 0.515. The van der Waals surface area contributed by atoms with Crippen molar-refractivity contribution >= 4 is 0 Å². The Bertz CT molecular complexity index is 104. The van der Waals surface area contributed by atoms with Crippen LogP contribution in [-0.4, -0.2) is 12.7 Å². The van der Waals surface area contributed by atoms with E-state index in [-0.39, 0.29) is 6.10 Å². The largest absolute Gasteiger partial charge is 0.363 e. The van der Waals surface area contributed by atoms with Gasteiger partial charge in [0, 0.05) is 0 Å². The molecule has 0 saturated carbocycles. The Morgan fingerprint density at radius 1 is 1.44 bits per heavy atom. The second-order valence-corrected chi connectivity index (χ2v) is 2.50. The zero-order valence-electron chi connectivity index (χ0n) is 6.22. The van der Waals surface area contributed by atoms with E-state index in [0.29, 0.717) is 12.5 Å². The summed E-state index contributed by atoms with van der Waals surface area (Å²) in [5.41, 5.74) is 0. The van der Waals surface area contributed by atoms with Gasteiger partial charge in [-0.25, -0.2) is 0 Å². The molecule has 0 aromatic rings. The molecule has 0 aromatic carbocycles. The van der Waals surface area contributed by atoms with Gasteiger partial charge in [0.05, 0.1) is 12.7 Å². The fourth-order valence-corrected chi connectivity index (χ4v) is 0.374. The van der Waals surface area contributed by atoms with Gasteiger partial charge < -0.3 is 4.74 Å². The smallest absolute Gasteiger partial charge is 0.141 e. The first-order valence-electron chi connectivity index (χ1n) is 3.18. The van der Waals surface area contributed by atoms with E-state index in [4.69, 9.17) is 10.00 Å². The first-order valence-corrected chi connectivity index (χ1v) is 3.18. The van der Waals surface area contributed by atoms with Crippen molar-refractivity contribution in [1.82, 2.24) is 0 Å². The van der Waals surface area contributed by atoms with Gasteiger partial charge in [0.15, 0.2) is 0 Å². The van der Waals surface area contributed by atoms with Gasteiger partial charge in [-0.1, -0.05) is 13.8 Å². The van der Waals surface area contributed by atoms with E-state index < -0.39 is 0 Å².